The van der Waals surface area contributed by atoms with Crippen molar-refractivity contribution in [1.82, 2.24) is 32.8 Å². The molecule has 11 aromatic carbocycles. The molecule has 7 aromatic heterocycles. The summed E-state index contributed by atoms with van der Waals surface area (Å²) in [5.41, 5.74) is 22.4. The van der Waals surface area contributed by atoms with Gasteiger partial charge in [-0.25, -0.2) is 0 Å². The number of nitrogens with zero attached hydrogens (tertiary/aromatic N) is 7. The molecule has 0 saturated carbocycles. The molecule has 0 aliphatic heterocycles. The van der Waals surface area contributed by atoms with Gasteiger partial charge in [0.25, 0.3) is 0 Å². The van der Waals surface area contributed by atoms with Gasteiger partial charge in [-0.3, -0.25) is 9.97 Å². The number of hydrogen-bond donors (Lipinski definition) is 0. The van der Waals surface area contributed by atoms with E-state index in [1.807, 2.05) is 24.5 Å². The van der Waals surface area contributed by atoms with Crippen LogP contribution in [0.2, 0.25) is 0 Å². The van der Waals surface area contributed by atoms with E-state index in [1.54, 1.807) is 0 Å². The molecule has 0 aliphatic carbocycles. The van der Waals surface area contributed by atoms with Crippen molar-refractivity contribution in [3.05, 3.63) is 285 Å². The summed E-state index contributed by atoms with van der Waals surface area (Å²) in [5.74, 6) is 0. The lowest BCUT2D eigenvalue weighted by Gasteiger charge is -2.28. The molecule has 0 fully saturated rings. The van der Waals surface area contributed by atoms with Crippen LogP contribution in [0.1, 0.15) is 0 Å². The van der Waals surface area contributed by atoms with E-state index in [1.165, 1.54) is 32.3 Å². The fourth-order valence-electron chi connectivity index (χ4n) is 14.0. The van der Waals surface area contributed by atoms with Gasteiger partial charge in [0.05, 0.1) is 83.3 Å². The van der Waals surface area contributed by atoms with E-state index in [4.69, 9.17) is 9.97 Å². The fraction of sp³-hybridized carbons (Fsp3) is 0. The van der Waals surface area contributed by atoms with Crippen molar-refractivity contribution >= 4 is 109 Å². The lowest BCUT2D eigenvalue weighted by Crippen LogP contribution is -2.12. The third-order valence-corrected chi connectivity index (χ3v) is 17.3. The van der Waals surface area contributed by atoms with E-state index < -0.39 is 0 Å². The molecule has 18 rings (SSSR count). The Kier molecular flexibility index (Phi) is 9.67. The highest BCUT2D eigenvalue weighted by molar-refractivity contribution is 6.17. The van der Waals surface area contributed by atoms with Crippen LogP contribution in [0.5, 0.6) is 0 Å². The molecule has 0 radical (unpaired) electrons. The first-order valence-corrected chi connectivity index (χ1v) is 28.3. The van der Waals surface area contributed by atoms with Gasteiger partial charge >= 0.3 is 0 Å². The minimum absolute atomic E-state index is 0.948. The predicted molar refractivity (Wildman–Crippen MR) is 345 cm³/mol. The lowest BCUT2D eigenvalue weighted by atomic mass is 9.92. The fourth-order valence-corrected chi connectivity index (χ4v) is 14.0. The van der Waals surface area contributed by atoms with E-state index in [2.05, 4.69) is 284 Å². The molecular weight excluding hydrogens is 1010 g/mol. The topological polar surface area (TPSA) is 50.4 Å². The van der Waals surface area contributed by atoms with Gasteiger partial charge in [0.15, 0.2) is 0 Å². The quantitative estimate of drug-likeness (QED) is 0.160. The number of aromatic nitrogens is 7. The Bertz CT molecular complexity index is 5240. The molecule has 83 heavy (non-hydrogen) atoms. The first-order chi connectivity index (χ1) is 41.2. The van der Waals surface area contributed by atoms with E-state index in [0.717, 1.165) is 128 Å². The van der Waals surface area contributed by atoms with Crippen molar-refractivity contribution < 1.29 is 0 Å². The number of rotatable bonds is 7. The Morgan fingerprint density at radius 3 is 0.843 bits per heavy atom. The summed E-state index contributed by atoms with van der Waals surface area (Å²) >= 11 is 0. The maximum Gasteiger partial charge on any atom is 0.0963 e. The zero-order valence-corrected chi connectivity index (χ0v) is 44.8. The zero-order chi connectivity index (χ0) is 54.3. The largest absolute Gasteiger partial charge is 0.308 e. The summed E-state index contributed by atoms with van der Waals surface area (Å²) in [6.45, 7) is 0. The van der Waals surface area contributed by atoms with Crippen molar-refractivity contribution in [3.63, 3.8) is 0 Å². The monoisotopic (exact) mass is 1060 g/mol. The summed E-state index contributed by atoms with van der Waals surface area (Å²) in [4.78, 5) is 10.4. The van der Waals surface area contributed by atoms with Gasteiger partial charge in [0.2, 0.25) is 0 Å². The Morgan fingerprint density at radius 1 is 0.205 bits per heavy atom. The number of pyridine rings is 2. The molecule has 0 aliphatic rings. The molecular formula is C76H47N7. The molecule has 18 aromatic rings. The molecule has 7 heterocycles. The van der Waals surface area contributed by atoms with Crippen LogP contribution in [0.15, 0.2) is 285 Å². The summed E-state index contributed by atoms with van der Waals surface area (Å²) < 4.78 is 12.4. The van der Waals surface area contributed by atoms with Gasteiger partial charge in [-0.1, -0.05) is 158 Å². The molecule has 0 unspecified atom stereocenters. The molecule has 0 saturated heterocycles. The maximum atomic E-state index is 5.18. The number of hydrogen-bond acceptors (Lipinski definition) is 2. The average Bonchev–Trinajstić information content (AvgIpc) is 3.47. The molecule has 0 spiro atoms. The SMILES string of the molecule is c1ccc(-n2c3ccc(-c4cc(-c5ccc6c(c5)c5ncccc5n6-c5ccccc5)c(-n5c6ccccc6c6ccccc65)c(-n5c6ccccc6c6ccccc65)c4-n4c5ccccc5c5ccccc54)cc3c3ncccc32)cc1. The highest BCUT2D eigenvalue weighted by Gasteiger charge is 2.31. The van der Waals surface area contributed by atoms with Crippen LogP contribution in [-0.4, -0.2) is 32.8 Å². The van der Waals surface area contributed by atoms with Crippen LogP contribution in [0, 0.1) is 0 Å². The van der Waals surface area contributed by atoms with Crippen molar-refractivity contribution in [1.29, 1.82) is 0 Å². The summed E-state index contributed by atoms with van der Waals surface area (Å²) in [7, 11) is 0. The van der Waals surface area contributed by atoms with Gasteiger partial charge in [-0.15, -0.1) is 0 Å². The Balaban J connectivity index is 1.10. The molecule has 7 nitrogen and oxygen atoms in total. The molecule has 0 N–H and O–H groups in total. The van der Waals surface area contributed by atoms with Gasteiger partial charge in [-0.05, 0) is 126 Å². The van der Waals surface area contributed by atoms with Gasteiger partial charge in [-0.2, -0.15) is 0 Å². The smallest absolute Gasteiger partial charge is 0.0963 e. The molecule has 7 heteroatoms. The molecule has 0 amide bonds. The summed E-state index contributed by atoms with van der Waals surface area (Å²) in [6, 6.07) is 100. The van der Waals surface area contributed by atoms with Gasteiger partial charge < -0.3 is 22.8 Å². The minimum atomic E-state index is 0.948. The second-order valence-electron chi connectivity index (χ2n) is 21.7. The highest BCUT2D eigenvalue weighted by Crippen LogP contribution is 2.51. The average molecular weight is 1060 g/mol. The van der Waals surface area contributed by atoms with E-state index in [9.17, 15) is 0 Å². The Hall–Kier alpha value is -11.3. The van der Waals surface area contributed by atoms with Crippen LogP contribution >= 0.6 is 0 Å². The number of para-hydroxylation sites is 8. The highest BCUT2D eigenvalue weighted by atomic mass is 15.1. The predicted octanol–water partition coefficient (Wildman–Crippen LogP) is 19.3. The van der Waals surface area contributed by atoms with Crippen LogP contribution < -0.4 is 0 Å². The summed E-state index contributed by atoms with van der Waals surface area (Å²) in [6.07, 6.45) is 3.85. The molecule has 386 valence electrons. The van der Waals surface area contributed by atoms with Crippen molar-refractivity contribution in [3.8, 4) is 50.7 Å². The Labute approximate surface area is 475 Å². The van der Waals surface area contributed by atoms with Crippen molar-refractivity contribution in [2.75, 3.05) is 0 Å². The summed E-state index contributed by atoms with van der Waals surface area (Å²) in [5, 5.41) is 9.24. The van der Waals surface area contributed by atoms with E-state index >= 15 is 0 Å². The van der Waals surface area contributed by atoms with Crippen LogP contribution in [0.4, 0.5) is 0 Å². The van der Waals surface area contributed by atoms with E-state index in [-0.39, 0.29) is 0 Å². The Morgan fingerprint density at radius 2 is 0.494 bits per heavy atom. The first-order valence-electron chi connectivity index (χ1n) is 28.3. The standard InChI is InChI=1S/C76H47N7/c1-3-21-50(22-4-1)79-68-41-39-48(45-60(68)72-70(79)37-19-43-77-72)58-47-59(49-40-42-69-61(46-49)73-71(38-20-44-78-73)80(69)51-23-5-2-6-24-51)75(82-64-33-15-9-27-54(64)55-28-10-16-34-65(55)82)76(83-66-35-17-11-29-56(66)57-30-12-18-36-67(57)83)74(58)81-62-31-13-7-25-52(62)53-26-8-14-32-63(53)81/h1-47H. The first kappa shape index (κ1) is 45.6. The third-order valence-electron chi connectivity index (χ3n) is 17.3. The van der Waals surface area contributed by atoms with Gasteiger partial charge in [0, 0.05) is 78.0 Å². The lowest BCUT2D eigenvalue weighted by molar-refractivity contribution is 1.05. The van der Waals surface area contributed by atoms with Crippen molar-refractivity contribution in [2.45, 2.75) is 0 Å². The molecule has 0 bridgehead atoms. The van der Waals surface area contributed by atoms with Crippen LogP contribution in [0.25, 0.3) is 160 Å². The number of fused-ring (bicyclic) bond motifs is 15. The second kappa shape index (κ2) is 17.6. The van der Waals surface area contributed by atoms with Crippen LogP contribution in [-0.2, 0) is 0 Å². The van der Waals surface area contributed by atoms with Gasteiger partial charge in [0.1, 0.15) is 0 Å². The zero-order valence-electron chi connectivity index (χ0n) is 44.8. The third kappa shape index (κ3) is 6.50. The maximum absolute atomic E-state index is 5.18. The normalized spacial score (nSPS) is 12.1. The number of benzene rings is 11. The van der Waals surface area contributed by atoms with Crippen molar-refractivity contribution in [2.24, 2.45) is 0 Å². The van der Waals surface area contributed by atoms with E-state index in [0.29, 0.717) is 0 Å². The second-order valence-corrected chi connectivity index (χ2v) is 21.7. The molecule has 0 atom stereocenters. The minimum Gasteiger partial charge on any atom is -0.308 e. The van der Waals surface area contributed by atoms with Crippen LogP contribution in [0.3, 0.4) is 0 Å².